The summed E-state index contributed by atoms with van der Waals surface area (Å²) >= 11 is 3.42. The molecule has 7 heteroatoms. The van der Waals surface area contributed by atoms with Crippen molar-refractivity contribution in [3.8, 4) is 17.1 Å². The number of amides is 1. The molecule has 6 nitrogen and oxygen atoms in total. The summed E-state index contributed by atoms with van der Waals surface area (Å²) in [6.45, 7) is 0. The number of benzene rings is 3. The summed E-state index contributed by atoms with van der Waals surface area (Å²) < 4.78 is 11.7. The van der Waals surface area contributed by atoms with Crippen LogP contribution in [0.1, 0.15) is 27.9 Å². The predicted octanol–water partition coefficient (Wildman–Crippen LogP) is 5.22. The average molecular weight is 478 g/mol. The molecule has 0 aliphatic carbocycles. The van der Waals surface area contributed by atoms with E-state index >= 15 is 0 Å². The molecule has 0 fully saturated rings. The van der Waals surface area contributed by atoms with Crippen molar-refractivity contribution in [2.24, 2.45) is 0 Å². The zero-order valence-corrected chi connectivity index (χ0v) is 18.4. The molecule has 0 bridgehead atoms. The normalized spacial score (nSPS) is 11.7. The van der Waals surface area contributed by atoms with Crippen molar-refractivity contribution in [2.45, 2.75) is 12.5 Å². The van der Waals surface area contributed by atoms with Crippen LogP contribution in [0.2, 0.25) is 0 Å². The van der Waals surface area contributed by atoms with E-state index < -0.39 is 6.04 Å². The highest BCUT2D eigenvalue weighted by atomic mass is 79.9. The molecule has 0 unspecified atom stereocenters. The van der Waals surface area contributed by atoms with Gasteiger partial charge in [-0.25, -0.2) is 0 Å². The summed E-state index contributed by atoms with van der Waals surface area (Å²) in [6.07, 6.45) is 0.519. The van der Waals surface area contributed by atoms with Gasteiger partial charge in [-0.05, 0) is 54.1 Å². The van der Waals surface area contributed by atoms with Gasteiger partial charge in [0, 0.05) is 22.0 Å². The Morgan fingerprint density at radius 3 is 2.42 bits per heavy atom. The SMILES string of the molecule is COc1ccc(C(=O)N[C@H](Cc2ccccc2)c2nc(-c3ccc(Br)cc3)no2)cc1. The van der Waals surface area contributed by atoms with Gasteiger partial charge in [-0.2, -0.15) is 4.98 Å². The lowest BCUT2D eigenvalue weighted by Gasteiger charge is -2.15. The number of hydrogen-bond acceptors (Lipinski definition) is 5. The van der Waals surface area contributed by atoms with E-state index in [1.54, 1.807) is 31.4 Å². The smallest absolute Gasteiger partial charge is 0.251 e. The Hall–Kier alpha value is -3.45. The highest BCUT2D eigenvalue weighted by molar-refractivity contribution is 9.10. The molecule has 4 aromatic rings. The second kappa shape index (κ2) is 9.57. The Kier molecular flexibility index (Phi) is 6.43. The maximum atomic E-state index is 12.9. The van der Waals surface area contributed by atoms with E-state index in [1.165, 1.54) is 0 Å². The third-order valence-corrected chi connectivity index (χ3v) is 5.31. The Morgan fingerprint density at radius 2 is 1.74 bits per heavy atom. The van der Waals surface area contributed by atoms with Crippen LogP contribution in [0.15, 0.2) is 87.9 Å². The van der Waals surface area contributed by atoms with Crippen LogP contribution >= 0.6 is 15.9 Å². The Morgan fingerprint density at radius 1 is 1.03 bits per heavy atom. The first-order valence-electron chi connectivity index (χ1n) is 9.71. The Balaban J connectivity index is 1.59. The zero-order valence-electron chi connectivity index (χ0n) is 16.8. The maximum Gasteiger partial charge on any atom is 0.251 e. The number of ether oxygens (including phenoxy) is 1. The number of methoxy groups -OCH3 is 1. The minimum absolute atomic E-state index is 0.230. The number of halogens is 1. The molecule has 1 N–H and O–H groups in total. The lowest BCUT2D eigenvalue weighted by Crippen LogP contribution is -2.30. The van der Waals surface area contributed by atoms with Crippen LogP contribution in [0.4, 0.5) is 0 Å². The number of nitrogens with zero attached hydrogens (tertiary/aromatic N) is 2. The van der Waals surface area contributed by atoms with E-state index in [1.807, 2.05) is 54.6 Å². The molecule has 4 rings (SSSR count). The molecule has 1 heterocycles. The molecule has 0 radical (unpaired) electrons. The van der Waals surface area contributed by atoms with E-state index in [0.717, 1.165) is 15.6 Å². The van der Waals surface area contributed by atoms with Crippen molar-refractivity contribution >= 4 is 21.8 Å². The number of rotatable bonds is 7. The fourth-order valence-corrected chi connectivity index (χ4v) is 3.39. The Bertz CT molecular complexity index is 1140. The van der Waals surface area contributed by atoms with E-state index in [9.17, 15) is 4.79 Å². The molecule has 0 aliphatic heterocycles. The first-order valence-corrected chi connectivity index (χ1v) is 10.5. The first-order chi connectivity index (χ1) is 15.1. The summed E-state index contributed by atoms with van der Waals surface area (Å²) in [5.74, 6) is 1.28. The van der Waals surface area contributed by atoms with Crippen LogP contribution in [0, 0.1) is 0 Å². The van der Waals surface area contributed by atoms with Gasteiger partial charge in [-0.3, -0.25) is 4.79 Å². The summed E-state index contributed by atoms with van der Waals surface area (Å²) in [4.78, 5) is 17.4. The molecule has 1 atom stereocenters. The van der Waals surface area contributed by atoms with Gasteiger partial charge in [0.15, 0.2) is 0 Å². The molecule has 1 aromatic heterocycles. The van der Waals surface area contributed by atoms with Crippen LogP contribution in [0.25, 0.3) is 11.4 Å². The fraction of sp³-hybridized carbons (Fsp3) is 0.125. The quantitative estimate of drug-likeness (QED) is 0.394. The maximum absolute atomic E-state index is 12.9. The highest BCUT2D eigenvalue weighted by Crippen LogP contribution is 2.23. The lowest BCUT2D eigenvalue weighted by molar-refractivity contribution is 0.0928. The third-order valence-electron chi connectivity index (χ3n) is 4.78. The van der Waals surface area contributed by atoms with Crippen molar-refractivity contribution in [3.63, 3.8) is 0 Å². The van der Waals surface area contributed by atoms with Gasteiger partial charge in [-0.1, -0.05) is 51.4 Å². The summed E-state index contributed by atoms with van der Waals surface area (Å²) in [7, 11) is 1.59. The summed E-state index contributed by atoms with van der Waals surface area (Å²) in [5.41, 5.74) is 2.40. The fourth-order valence-electron chi connectivity index (χ4n) is 3.13. The molecule has 0 saturated heterocycles. The van der Waals surface area contributed by atoms with Crippen molar-refractivity contribution in [1.29, 1.82) is 0 Å². The van der Waals surface area contributed by atoms with Gasteiger partial charge in [0.25, 0.3) is 5.91 Å². The van der Waals surface area contributed by atoms with E-state index in [2.05, 4.69) is 31.4 Å². The van der Waals surface area contributed by atoms with Gasteiger partial charge in [0.2, 0.25) is 11.7 Å². The zero-order chi connectivity index (χ0) is 21.6. The number of hydrogen-bond donors (Lipinski definition) is 1. The van der Waals surface area contributed by atoms with Gasteiger partial charge >= 0.3 is 0 Å². The Labute approximate surface area is 188 Å². The summed E-state index contributed by atoms with van der Waals surface area (Å²) in [5, 5.41) is 7.14. The lowest BCUT2D eigenvalue weighted by atomic mass is 10.1. The van der Waals surface area contributed by atoms with Gasteiger partial charge in [0.05, 0.1) is 7.11 Å². The van der Waals surface area contributed by atoms with Crippen LogP contribution < -0.4 is 10.1 Å². The molecule has 1 amide bonds. The monoisotopic (exact) mass is 477 g/mol. The minimum atomic E-state index is -0.478. The number of carbonyl (C=O) groups excluding carboxylic acids is 1. The molecule has 3 aromatic carbocycles. The van der Waals surface area contributed by atoms with Crippen LogP contribution in [0.5, 0.6) is 5.75 Å². The number of aromatic nitrogens is 2. The topological polar surface area (TPSA) is 77.2 Å². The van der Waals surface area contributed by atoms with Crippen molar-refractivity contribution in [1.82, 2.24) is 15.5 Å². The molecule has 31 heavy (non-hydrogen) atoms. The van der Waals surface area contributed by atoms with E-state index in [-0.39, 0.29) is 5.91 Å². The highest BCUT2D eigenvalue weighted by Gasteiger charge is 2.23. The van der Waals surface area contributed by atoms with Crippen molar-refractivity contribution in [2.75, 3.05) is 7.11 Å². The molecule has 0 saturated carbocycles. The van der Waals surface area contributed by atoms with Crippen molar-refractivity contribution < 1.29 is 14.1 Å². The van der Waals surface area contributed by atoms with E-state index in [4.69, 9.17) is 9.26 Å². The molecule has 156 valence electrons. The molecule has 0 aliphatic rings. The summed E-state index contributed by atoms with van der Waals surface area (Å²) in [6, 6.07) is 24.0. The minimum Gasteiger partial charge on any atom is -0.497 e. The van der Waals surface area contributed by atoms with Gasteiger partial charge < -0.3 is 14.6 Å². The second-order valence-electron chi connectivity index (χ2n) is 6.91. The second-order valence-corrected chi connectivity index (χ2v) is 7.82. The van der Waals surface area contributed by atoms with Crippen LogP contribution in [0.3, 0.4) is 0 Å². The predicted molar refractivity (Wildman–Crippen MR) is 121 cm³/mol. The van der Waals surface area contributed by atoms with Gasteiger partial charge in [-0.15, -0.1) is 0 Å². The molecule has 0 spiro atoms. The number of carbonyl (C=O) groups is 1. The standard InChI is InChI=1S/C24H20BrN3O3/c1-30-20-13-9-18(10-14-20)23(29)26-21(15-16-5-3-2-4-6-16)24-27-22(28-31-24)17-7-11-19(25)12-8-17/h2-14,21H,15H2,1H3,(H,26,29)/t21-/m1/s1. The molecular weight excluding hydrogens is 458 g/mol. The molecular formula is C24H20BrN3O3. The van der Waals surface area contributed by atoms with Gasteiger partial charge in [0.1, 0.15) is 11.8 Å². The first kappa shape index (κ1) is 20.8. The van der Waals surface area contributed by atoms with Crippen molar-refractivity contribution in [3.05, 3.63) is 100 Å². The van der Waals surface area contributed by atoms with E-state index in [0.29, 0.717) is 29.4 Å². The number of nitrogens with one attached hydrogen (secondary N) is 1. The average Bonchev–Trinajstić information content (AvgIpc) is 3.30. The van der Waals surface area contributed by atoms with Crippen LogP contribution in [-0.4, -0.2) is 23.2 Å². The third kappa shape index (κ3) is 5.19. The largest absolute Gasteiger partial charge is 0.497 e. The van der Waals surface area contributed by atoms with Crippen LogP contribution in [-0.2, 0) is 6.42 Å².